The van der Waals surface area contributed by atoms with Crippen LogP contribution in [0.5, 0.6) is 0 Å². The van der Waals surface area contributed by atoms with Gasteiger partial charge in [-0.05, 0) is 131 Å². The van der Waals surface area contributed by atoms with E-state index in [0.29, 0.717) is 56.9 Å². The van der Waals surface area contributed by atoms with E-state index in [1.54, 1.807) is 60.7 Å². The molecule has 0 radical (unpaired) electrons. The molecular formula is C70H88Cl5N11O14S2. The molecule has 2 aliphatic heterocycles. The number of nitrogens with one attached hydrogen (secondary N) is 8. The normalized spacial score (nSPS) is 14.7. The maximum Gasteiger partial charge on any atom is 0.317 e. The molecule has 7 amide bonds. The topological polar surface area (TPSA) is 298 Å². The van der Waals surface area contributed by atoms with Crippen LogP contribution in [0.3, 0.4) is 0 Å². The molecule has 0 aliphatic carbocycles. The molecule has 8 rings (SSSR count). The van der Waals surface area contributed by atoms with Crippen molar-refractivity contribution in [2.24, 2.45) is 0 Å². The van der Waals surface area contributed by atoms with Crippen LogP contribution in [0, 0.1) is 0 Å². The van der Waals surface area contributed by atoms with Crippen molar-refractivity contribution in [3.05, 3.63) is 185 Å². The zero-order valence-corrected chi connectivity index (χ0v) is 62.3. The maximum absolute atomic E-state index is 13.4. The highest BCUT2D eigenvalue weighted by Gasteiger charge is 2.30. The van der Waals surface area contributed by atoms with Crippen molar-refractivity contribution in [2.75, 3.05) is 172 Å². The smallest absolute Gasteiger partial charge is 0.317 e. The Morgan fingerprint density at radius 2 is 0.804 bits per heavy atom. The van der Waals surface area contributed by atoms with Crippen LogP contribution in [0.2, 0.25) is 25.1 Å². The Labute approximate surface area is 621 Å². The van der Waals surface area contributed by atoms with Crippen molar-refractivity contribution >= 4 is 102 Å². The number of carbonyl (C=O) groups excluding carboxylic acids is 4. The number of hydrogen-bond acceptors (Lipinski definition) is 16. The fourth-order valence-corrected chi connectivity index (χ4v) is 14.7. The number of ether oxygens (including phenoxy) is 6. The molecule has 2 atom stereocenters. The Hall–Kier alpha value is -6.45. The lowest BCUT2D eigenvalue weighted by Gasteiger charge is -2.33. The summed E-state index contributed by atoms with van der Waals surface area (Å²) in [5, 5.41) is 19.3. The van der Waals surface area contributed by atoms with Crippen LogP contribution in [-0.4, -0.2) is 227 Å². The number of fused-ring (bicyclic) bond motifs is 2. The van der Waals surface area contributed by atoms with Gasteiger partial charge in [0.25, 0.3) is 5.91 Å². The van der Waals surface area contributed by atoms with Crippen LogP contribution >= 0.6 is 58.0 Å². The van der Waals surface area contributed by atoms with Crippen molar-refractivity contribution in [1.29, 1.82) is 0 Å². The molecule has 25 nitrogen and oxygen atoms in total. The average molecular weight is 1550 g/mol. The summed E-state index contributed by atoms with van der Waals surface area (Å²) in [6, 6.07) is 34.1. The molecule has 0 spiro atoms. The van der Waals surface area contributed by atoms with Crippen LogP contribution in [-0.2, 0) is 61.6 Å². The summed E-state index contributed by atoms with van der Waals surface area (Å²) in [5.74, 6) is -0.490. The fraction of sp³-hybridized carbons (Fsp3) is 0.429. The maximum atomic E-state index is 13.4. The van der Waals surface area contributed by atoms with E-state index < -0.39 is 38.1 Å². The highest BCUT2D eigenvalue weighted by molar-refractivity contribution is 7.89. The molecule has 102 heavy (non-hydrogen) atoms. The van der Waals surface area contributed by atoms with E-state index >= 15 is 0 Å². The Kier molecular flexibility index (Phi) is 33.4. The van der Waals surface area contributed by atoms with Crippen molar-refractivity contribution < 1.29 is 64.4 Å². The second-order valence-corrected chi connectivity index (χ2v) is 29.6. The summed E-state index contributed by atoms with van der Waals surface area (Å²) in [6.07, 6.45) is 0. The number of sulfonamides is 2. The summed E-state index contributed by atoms with van der Waals surface area (Å²) in [6.45, 7) is 5.86. The summed E-state index contributed by atoms with van der Waals surface area (Å²) in [5.41, 5.74) is 7.98. The van der Waals surface area contributed by atoms with Crippen LogP contribution in [0.1, 0.15) is 55.6 Å². The molecule has 554 valence electrons. The zero-order chi connectivity index (χ0) is 72.9. The Balaban J connectivity index is 0.678. The first-order valence-corrected chi connectivity index (χ1v) is 38.2. The fourth-order valence-electron chi connectivity index (χ4n) is 11.3. The summed E-state index contributed by atoms with van der Waals surface area (Å²) in [7, 11) is -3.74. The standard InChI is InChI=1S/C70H88Cl5N11O14S2/c1-84-45-61(59-41-55(72)43-65(74)63(59)47-84)52-5-3-7-57(39-52)101(91,92)82-23-31-99-37-35-96-28-20-79-68(88)77-17-25-86(70(90)81-22-30-98-34-33-95-27-19-76-67(87)51-11-9-49(10-12-51)50-13-15-54(71)16-14-50)26-18-78-69(89)80-21-29-97-36-38-100-32-24-83-102(93,94)58-8-4-6-53(40-58)62-46-85(2)48-64-60(62)42-56(73)44-66(64)75/h3-16,39-44,61-62,82-83H,17-38,45-48H2,1-2H3,(H,76,87)(H,81,90)(H2,77,79,88)(H2,78,80,89)/t61-,62-/m0/s1. The Bertz CT molecular complexity index is 3770. The van der Waals surface area contributed by atoms with Gasteiger partial charge >= 0.3 is 18.1 Å². The number of hydrogen-bond donors (Lipinski definition) is 8. The molecule has 2 heterocycles. The molecule has 6 aromatic rings. The summed E-state index contributed by atoms with van der Waals surface area (Å²) < 4.78 is 92.0. The number of amides is 7. The lowest BCUT2D eigenvalue weighted by molar-refractivity contribution is 0.0494. The molecule has 0 saturated carbocycles. The lowest BCUT2D eigenvalue weighted by Crippen LogP contribution is -2.49. The van der Waals surface area contributed by atoms with E-state index in [9.17, 15) is 36.0 Å². The molecule has 0 bridgehead atoms. The van der Waals surface area contributed by atoms with Gasteiger partial charge in [0.1, 0.15) is 0 Å². The van der Waals surface area contributed by atoms with Crippen LogP contribution in [0.4, 0.5) is 14.4 Å². The third-order valence-electron chi connectivity index (χ3n) is 16.4. The van der Waals surface area contributed by atoms with Crippen molar-refractivity contribution in [2.45, 2.75) is 34.7 Å². The number of carbonyl (C=O) groups is 4. The number of likely N-dealkylation sites (N-methyl/N-ethyl adjacent to an activating group) is 2. The largest absolute Gasteiger partial charge is 0.378 e. The van der Waals surface area contributed by atoms with Crippen molar-refractivity contribution in [3.8, 4) is 11.1 Å². The molecule has 0 aromatic heterocycles. The Morgan fingerprint density at radius 3 is 1.23 bits per heavy atom. The molecule has 0 unspecified atom stereocenters. The van der Waals surface area contributed by atoms with Gasteiger partial charge in [-0.15, -0.1) is 0 Å². The van der Waals surface area contributed by atoms with E-state index in [4.69, 9.17) is 86.4 Å². The van der Waals surface area contributed by atoms with Gasteiger partial charge in [0.2, 0.25) is 20.0 Å². The van der Waals surface area contributed by atoms with E-state index in [-0.39, 0.29) is 172 Å². The SMILES string of the molecule is CN1Cc2c(Cl)cc(Cl)cc2[C@H](c2cccc(S(=O)(=O)NCCOCCOCCNC(=O)NCCN(CCNC(=O)NCCOCCOCCNS(=O)(=O)c3cccc([C@@H]4CN(C)Cc5c(Cl)cc(Cl)cc54)c3)C(=O)NCCOCCOCCNC(=O)c3ccc(-c4ccc(Cl)cc4)cc3)c2)C1. The molecule has 0 fully saturated rings. The molecule has 8 N–H and O–H groups in total. The van der Waals surface area contributed by atoms with Gasteiger partial charge in [0.05, 0.1) is 89.1 Å². The predicted molar refractivity (Wildman–Crippen MR) is 394 cm³/mol. The predicted octanol–water partition coefficient (Wildman–Crippen LogP) is 8.17. The van der Waals surface area contributed by atoms with Gasteiger partial charge in [0.15, 0.2) is 0 Å². The number of nitrogens with zero attached hydrogens (tertiary/aromatic N) is 3. The summed E-state index contributed by atoms with van der Waals surface area (Å²) >= 11 is 31.9. The molecule has 6 aromatic carbocycles. The Morgan fingerprint density at radius 1 is 0.431 bits per heavy atom. The van der Waals surface area contributed by atoms with Gasteiger partial charge in [-0.3, -0.25) is 4.79 Å². The number of urea groups is 3. The van der Waals surface area contributed by atoms with Crippen LogP contribution in [0.25, 0.3) is 11.1 Å². The van der Waals surface area contributed by atoms with Crippen molar-refractivity contribution in [1.82, 2.24) is 56.0 Å². The second-order valence-electron chi connectivity index (χ2n) is 23.9. The highest BCUT2D eigenvalue weighted by Crippen LogP contribution is 2.41. The molecule has 0 saturated heterocycles. The van der Waals surface area contributed by atoms with Gasteiger partial charge in [-0.1, -0.05) is 107 Å². The summed E-state index contributed by atoms with van der Waals surface area (Å²) in [4.78, 5) is 57.5. The van der Waals surface area contributed by atoms with Gasteiger partial charge in [0, 0.05) is 134 Å². The monoisotopic (exact) mass is 1550 g/mol. The van der Waals surface area contributed by atoms with Crippen LogP contribution in [0.15, 0.2) is 131 Å². The first kappa shape index (κ1) is 81.2. The first-order chi connectivity index (χ1) is 49.1. The molecule has 32 heteroatoms. The third-order valence-corrected chi connectivity index (χ3v) is 20.7. The minimum Gasteiger partial charge on any atom is -0.378 e. The third kappa shape index (κ3) is 26.3. The first-order valence-electron chi connectivity index (χ1n) is 33.3. The van der Waals surface area contributed by atoms with Gasteiger partial charge in [-0.25, -0.2) is 40.7 Å². The molecular weight excluding hydrogens is 1460 g/mol. The van der Waals surface area contributed by atoms with Gasteiger partial charge < -0.3 is 75.0 Å². The number of halogens is 5. The highest BCUT2D eigenvalue weighted by atomic mass is 35.5. The number of benzene rings is 6. The van der Waals surface area contributed by atoms with E-state index in [2.05, 4.69) is 51.1 Å². The van der Waals surface area contributed by atoms with E-state index in [1.165, 1.54) is 4.90 Å². The minimum atomic E-state index is -3.86. The average Bonchev–Trinajstić information content (AvgIpc) is 0.779. The zero-order valence-electron chi connectivity index (χ0n) is 56.8. The minimum absolute atomic E-state index is 0.0282. The lowest BCUT2D eigenvalue weighted by atomic mass is 9.85. The van der Waals surface area contributed by atoms with Crippen molar-refractivity contribution in [3.63, 3.8) is 0 Å². The quantitative estimate of drug-likeness (QED) is 0.0168. The number of rotatable bonds is 41. The van der Waals surface area contributed by atoms with Crippen LogP contribution < -0.4 is 41.3 Å². The van der Waals surface area contributed by atoms with E-state index in [0.717, 1.165) is 44.5 Å². The molecule has 2 aliphatic rings. The second kappa shape index (κ2) is 41.9. The van der Waals surface area contributed by atoms with E-state index in [1.807, 2.05) is 74.8 Å². The van der Waals surface area contributed by atoms with Gasteiger partial charge in [-0.2, -0.15) is 0 Å².